The number of ketones is 1. The van der Waals surface area contributed by atoms with Gasteiger partial charge in [0.2, 0.25) is 0 Å². The number of carbonyl (C=O) groups is 1. The predicted octanol–water partition coefficient (Wildman–Crippen LogP) is 3.50. The second-order valence-corrected chi connectivity index (χ2v) is 3.73. The topological polar surface area (TPSA) is 17.1 Å². The van der Waals surface area contributed by atoms with Crippen LogP contribution in [0, 0.1) is 18.6 Å². The van der Waals surface area contributed by atoms with Crippen LogP contribution < -0.4 is 0 Å². The zero-order chi connectivity index (χ0) is 12.4. The number of rotatable bonds is 2. The van der Waals surface area contributed by atoms with E-state index >= 15 is 0 Å². The summed E-state index contributed by atoms with van der Waals surface area (Å²) in [5, 5.41) is 0. The Morgan fingerprint density at radius 1 is 1.00 bits per heavy atom. The lowest BCUT2D eigenvalue weighted by Crippen LogP contribution is -2.06. The van der Waals surface area contributed by atoms with E-state index in [0.29, 0.717) is 5.56 Å². The molecule has 0 spiro atoms. The highest BCUT2D eigenvalue weighted by atomic mass is 19.2. The van der Waals surface area contributed by atoms with Gasteiger partial charge in [-0.25, -0.2) is 8.78 Å². The van der Waals surface area contributed by atoms with Crippen molar-refractivity contribution in [2.45, 2.75) is 6.92 Å². The quantitative estimate of drug-likeness (QED) is 0.724. The molecule has 0 aromatic heterocycles. The van der Waals surface area contributed by atoms with E-state index in [4.69, 9.17) is 0 Å². The standard InChI is InChI=1S/C14H10F2O/c1-9-11(7-8-12(15)13(9)16)14(17)10-5-3-2-4-6-10/h2-8H,1H3. The van der Waals surface area contributed by atoms with Crippen molar-refractivity contribution in [3.05, 3.63) is 70.8 Å². The summed E-state index contributed by atoms with van der Waals surface area (Å²) < 4.78 is 26.3. The molecule has 2 aromatic rings. The van der Waals surface area contributed by atoms with Crippen LogP contribution in [-0.2, 0) is 0 Å². The highest BCUT2D eigenvalue weighted by Gasteiger charge is 2.16. The van der Waals surface area contributed by atoms with E-state index in [1.807, 2.05) is 0 Å². The molecular formula is C14H10F2O. The van der Waals surface area contributed by atoms with Crippen LogP contribution in [0.4, 0.5) is 8.78 Å². The van der Waals surface area contributed by atoms with Crippen molar-refractivity contribution in [3.63, 3.8) is 0 Å². The molecule has 0 bridgehead atoms. The summed E-state index contributed by atoms with van der Waals surface area (Å²) in [5.74, 6) is -2.21. The van der Waals surface area contributed by atoms with Crippen molar-refractivity contribution in [3.8, 4) is 0 Å². The zero-order valence-corrected chi connectivity index (χ0v) is 9.21. The van der Waals surface area contributed by atoms with Crippen LogP contribution in [0.15, 0.2) is 42.5 Å². The molecule has 2 aromatic carbocycles. The minimum Gasteiger partial charge on any atom is -0.289 e. The van der Waals surface area contributed by atoms with Crippen LogP contribution in [0.1, 0.15) is 21.5 Å². The molecule has 0 saturated heterocycles. The van der Waals surface area contributed by atoms with Crippen LogP contribution in [-0.4, -0.2) is 5.78 Å². The van der Waals surface area contributed by atoms with E-state index in [9.17, 15) is 13.6 Å². The Hall–Kier alpha value is -2.03. The lowest BCUT2D eigenvalue weighted by Gasteiger charge is -2.06. The fourth-order valence-corrected chi connectivity index (χ4v) is 1.64. The highest BCUT2D eigenvalue weighted by Crippen LogP contribution is 2.19. The number of benzene rings is 2. The maximum Gasteiger partial charge on any atom is 0.193 e. The van der Waals surface area contributed by atoms with Crippen LogP contribution in [0.2, 0.25) is 0 Å². The van der Waals surface area contributed by atoms with Gasteiger partial charge in [0.25, 0.3) is 0 Å². The highest BCUT2D eigenvalue weighted by molar-refractivity contribution is 6.09. The maximum atomic E-state index is 13.3. The van der Waals surface area contributed by atoms with E-state index in [1.54, 1.807) is 30.3 Å². The van der Waals surface area contributed by atoms with Gasteiger partial charge >= 0.3 is 0 Å². The fourth-order valence-electron chi connectivity index (χ4n) is 1.64. The first-order valence-electron chi connectivity index (χ1n) is 5.15. The number of hydrogen-bond donors (Lipinski definition) is 0. The third-order valence-electron chi connectivity index (χ3n) is 2.62. The van der Waals surface area contributed by atoms with Gasteiger partial charge in [0.05, 0.1) is 0 Å². The Labute approximate surface area is 97.7 Å². The molecule has 0 radical (unpaired) electrons. The minimum absolute atomic E-state index is 0.0406. The average Bonchev–Trinajstić information content (AvgIpc) is 2.36. The van der Waals surface area contributed by atoms with Crippen molar-refractivity contribution < 1.29 is 13.6 Å². The van der Waals surface area contributed by atoms with Crippen molar-refractivity contribution in [2.75, 3.05) is 0 Å². The molecule has 0 aliphatic carbocycles. The first kappa shape index (κ1) is 11.5. The monoisotopic (exact) mass is 232 g/mol. The van der Waals surface area contributed by atoms with E-state index in [2.05, 4.69) is 0 Å². The summed E-state index contributed by atoms with van der Waals surface area (Å²) in [6, 6.07) is 10.8. The molecule has 0 saturated carbocycles. The van der Waals surface area contributed by atoms with Crippen molar-refractivity contribution in [2.24, 2.45) is 0 Å². The average molecular weight is 232 g/mol. The summed E-state index contributed by atoms with van der Waals surface area (Å²) in [4.78, 5) is 12.0. The van der Waals surface area contributed by atoms with Gasteiger partial charge in [-0.1, -0.05) is 30.3 Å². The lowest BCUT2D eigenvalue weighted by atomic mass is 9.99. The predicted molar refractivity (Wildman–Crippen MR) is 61.0 cm³/mol. The molecule has 0 unspecified atom stereocenters. The Morgan fingerprint density at radius 2 is 1.65 bits per heavy atom. The Bertz CT molecular complexity index is 562. The van der Waals surface area contributed by atoms with Crippen molar-refractivity contribution >= 4 is 5.78 Å². The van der Waals surface area contributed by atoms with E-state index in [-0.39, 0.29) is 16.9 Å². The normalized spacial score (nSPS) is 10.3. The molecule has 2 rings (SSSR count). The molecule has 17 heavy (non-hydrogen) atoms. The first-order valence-corrected chi connectivity index (χ1v) is 5.15. The largest absolute Gasteiger partial charge is 0.289 e. The van der Waals surface area contributed by atoms with Gasteiger partial charge in [0.1, 0.15) is 0 Å². The number of carbonyl (C=O) groups excluding carboxylic acids is 1. The lowest BCUT2D eigenvalue weighted by molar-refractivity contribution is 0.103. The molecule has 1 nitrogen and oxygen atoms in total. The summed E-state index contributed by atoms with van der Waals surface area (Å²) in [7, 11) is 0. The summed E-state index contributed by atoms with van der Waals surface area (Å²) in [5.41, 5.74) is 0.690. The van der Waals surface area contributed by atoms with Crippen LogP contribution in [0.25, 0.3) is 0 Å². The van der Waals surface area contributed by atoms with Crippen LogP contribution >= 0.6 is 0 Å². The first-order chi connectivity index (χ1) is 8.11. The molecule has 0 N–H and O–H groups in total. The van der Waals surface area contributed by atoms with E-state index < -0.39 is 11.6 Å². The van der Waals surface area contributed by atoms with Crippen molar-refractivity contribution in [1.29, 1.82) is 0 Å². The molecule has 0 fully saturated rings. The van der Waals surface area contributed by atoms with Crippen molar-refractivity contribution in [1.82, 2.24) is 0 Å². The molecule has 3 heteroatoms. The number of hydrogen-bond acceptors (Lipinski definition) is 1. The smallest absolute Gasteiger partial charge is 0.193 e. The Balaban J connectivity index is 2.49. The Kier molecular flexibility index (Phi) is 3.00. The maximum absolute atomic E-state index is 13.3. The minimum atomic E-state index is -0.966. The molecule has 0 aliphatic rings. The third kappa shape index (κ3) is 2.09. The summed E-state index contributed by atoms with van der Waals surface area (Å²) >= 11 is 0. The molecule has 0 heterocycles. The van der Waals surface area contributed by atoms with Gasteiger partial charge in [-0.15, -0.1) is 0 Å². The summed E-state index contributed by atoms with van der Waals surface area (Å²) in [6.45, 7) is 1.40. The van der Waals surface area contributed by atoms with Gasteiger partial charge in [0.15, 0.2) is 17.4 Å². The molecular weight excluding hydrogens is 222 g/mol. The van der Waals surface area contributed by atoms with Gasteiger partial charge in [-0.3, -0.25) is 4.79 Å². The SMILES string of the molecule is Cc1c(C(=O)c2ccccc2)ccc(F)c1F. The van der Waals surface area contributed by atoms with Crippen LogP contribution in [0.3, 0.4) is 0 Å². The second-order valence-electron chi connectivity index (χ2n) is 3.73. The second kappa shape index (κ2) is 4.45. The third-order valence-corrected chi connectivity index (χ3v) is 2.62. The van der Waals surface area contributed by atoms with Gasteiger partial charge in [0, 0.05) is 11.1 Å². The molecule has 0 atom stereocenters. The molecule has 86 valence electrons. The molecule has 0 amide bonds. The van der Waals surface area contributed by atoms with Crippen LogP contribution in [0.5, 0.6) is 0 Å². The number of halogens is 2. The van der Waals surface area contributed by atoms with Gasteiger partial charge in [-0.2, -0.15) is 0 Å². The van der Waals surface area contributed by atoms with E-state index in [1.165, 1.54) is 13.0 Å². The summed E-state index contributed by atoms with van der Waals surface area (Å²) in [6.07, 6.45) is 0. The Morgan fingerprint density at radius 3 is 2.29 bits per heavy atom. The van der Waals surface area contributed by atoms with Gasteiger partial charge in [-0.05, 0) is 24.6 Å². The van der Waals surface area contributed by atoms with E-state index in [0.717, 1.165) is 6.07 Å². The fraction of sp³-hybridized carbons (Fsp3) is 0.0714. The molecule has 0 aliphatic heterocycles. The zero-order valence-electron chi connectivity index (χ0n) is 9.21. The van der Waals surface area contributed by atoms with Gasteiger partial charge < -0.3 is 0 Å².